The summed E-state index contributed by atoms with van der Waals surface area (Å²) in [6.45, 7) is 6.42. The number of benzene rings is 2. The molecule has 0 saturated carbocycles. The van der Waals surface area contributed by atoms with Crippen molar-refractivity contribution in [3.05, 3.63) is 71.3 Å². The molecular formula is C32H38F2N2O6. The van der Waals surface area contributed by atoms with Gasteiger partial charge in [0.25, 0.3) is 0 Å². The van der Waals surface area contributed by atoms with E-state index in [4.69, 9.17) is 18.9 Å². The molecule has 5 rings (SSSR count). The van der Waals surface area contributed by atoms with Crippen LogP contribution in [0.15, 0.2) is 48.5 Å². The lowest BCUT2D eigenvalue weighted by atomic mass is 9.89. The molecule has 2 aliphatic heterocycles. The van der Waals surface area contributed by atoms with E-state index in [1.807, 2.05) is 57.2 Å². The van der Waals surface area contributed by atoms with Gasteiger partial charge in [-0.3, -0.25) is 4.79 Å². The predicted octanol–water partition coefficient (Wildman–Crippen LogP) is 5.39. The van der Waals surface area contributed by atoms with Crippen LogP contribution < -0.4 is 10.1 Å². The van der Waals surface area contributed by atoms with Gasteiger partial charge >= 0.3 is 6.09 Å². The van der Waals surface area contributed by atoms with E-state index in [0.29, 0.717) is 37.8 Å². The highest BCUT2D eigenvalue weighted by Crippen LogP contribution is 2.38. The summed E-state index contributed by atoms with van der Waals surface area (Å²) in [5.74, 6) is -1.61. The molecule has 8 nitrogen and oxygen atoms in total. The van der Waals surface area contributed by atoms with Crippen LogP contribution >= 0.6 is 0 Å². The number of rotatable bonds is 7. The van der Waals surface area contributed by atoms with Gasteiger partial charge in [0.1, 0.15) is 24.6 Å². The Morgan fingerprint density at radius 3 is 2.67 bits per heavy atom. The molecule has 1 N–H and O–H groups in total. The van der Waals surface area contributed by atoms with E-state index in [-0.39, 0.29) is 44.2 Å². The van der Waals surface area contributed by atoms with Crippen molar-refractivity contribution >= 4 is 17.6 Å². The van der Waals surface area contributed by atoms with Gasteiger partial charge in [-0.2, -0.15) is 0 Å². The van der Waals surface area contributed by atoms with Crippen LogP contribution in [0.2, 0.25) is 0 Å². The van der Waals surface area contributed by atoms with Crippen molar-refractivity contribution in [3.8, 4) is 5.75 Å². The number of amides is 2. The first-order valence-corrected chi connectivity index (χ1v) is 14.4. The van der Waals surface area contributed by atoms with Gasteiger partial charge in [0.2, 0.25) is 5.91 Å². The number of morpholine rings is 1. The minimum atomic E-state index is -0.758. The van der Waals surface area contributed by atoms with Crippen LogP contribution in [-0.4, -0.2) is 66.6 Å². The number of allylic oxidation sites excluding steroid dienone is 1. The van der Waals surface area contributed by atoms with Crippen LogP contribution in [0.1, 0.15) is 57.6 Å². The number of hydrogen-bond donors (Lipinski definition) is 1. The van der Waals surface area contributed by atoms with Crippen molar-refractivity contribution in [1.29, 1.82) is 0 Å². The van der Waals surface area contributed by atoms with E-state index in [1.165, 1.54) is 6.07 Å². The second kappa shape index (κ2) is 12.4. The molecule has 2 saturated heterocycles. The summed E-state index contributed by atoms with van der Waals surface area (Å²) in [6, 6.07) is 11.1. The molecule has 0 aromatic heterocycles. The fourth-order valence-electron chi connectivity index (χ4n) is 5.83. The highest BCUT2D eigenvalue weighted by atomic mass is 19.1. The third-order valence-electron chi connectivity index (χ3n) is 7.85. The molecular weight excluding hydrogens is 546 g/mol. The monoisotopic (exact) mass is 584 g/mol. The molecule has 2 aromatic carbocycles. The molecule has 2 amide bonds. The molecule has 2 aromatic rings. The molecule has 3 unspecified atom stereocenters. The Balaban J connectivity index is 1.28. The lowest BCUT2D eigenvalue weighted by Crippen LogP contribution is -2.65. The van der Waals surface area contributed by atoms with Gasteiger partial charge in [-0.1, -0.05) is 36.4 Å². The van der Waals surface area contributed by atoms with Crippen LogP contribution in [0.25, 0.3) is 5.57 Å². The van der Waals surface area contributed by atoms with Crippen molar-refractivity contribution in [2.75, 3.05) is 26.4 Å². The average molecular weight is 585 g/mol. The van der Waals surface area contributed by atoms with E-state index >= 15 is 0 Å². The summed E-state index contributed by atoms with van der Waals surface area (Å²) in [5, 5.41) is 3.06. The molecule has 0 radical (unpaired) electrons. The molecule has 2 heterocycles. The lowest BCUT2D eigenvalue weighted by Gasteiger charge is -2.41. The molecule has 0 bridgehead atoms. The summed E-state index contributed by atoms with van der Waals surface area (Å²) >= 11 is 0. The second-order valence-corrected chi connectivity index (χ2v) is 12.1. The Morgan fingerprint density at radius 2 is 1.98 bits per heavy atom. The maximum absolute atomic E-state index is 14.8. The van der Waals surface area contributed by atoms with Crippen molar-refractivity contribution in [1.82, 2.24) is 10.2 Å². The number of carbonyl (C=O) groups excluding carboxylic acids is 2. The zero-order valence-corrected chi connectivity index (χ0v) is 24.3. The number of nitrogens with zero attached hydrogens (tertiary/aromatic N) is 1. The third-order valence-corrected chi connectivity index (χ3v) is 7.85. The van der Waals surface area contributed by atoms with Crippen LogP contribution in [-0.2, 0) is 25.6 Å². The molecule has 1 aliphatic carbocycles. The topological polar surface area (TPSA) is 86.3 Å². The van der Waals surface area contributed by atoms with E-state index in [0.717, 1.165) is 17.2 Å². The van der Waals surface area contributed by atoms with Crippen molar-refractivity contribution in [2.45, 2.75) is 76.3 Å². The highest BCUT2D eigenvalue weighted by Gasteiger charge is 2.53. The molecule has 226 valence electrons. The summed E-state index contributed by atoms with van der Waals surface area (Å²) in [5.41, 5.74) is 0.635. The van der Waals surface area contributed by atoms with Gasteiger partial charge in [0.15, 0.2) is 11.6 Å². The minimum Gasteiger partial charge on any atom is -0.485 e. The normalized spacial score (nSPS) is 24.4. The summed E-state index contributed by atoms with van der Waals surface area (Å²) in [6.07, 6.45) is 3.46. The fourth-order valence-corrected chi connectivity index (χ4v) is 5.83. The standard InChI is InChI=1S/C32H38F2N2O6/c1-31(2,3)42-30(38)36-14-13-32(20-39-19-28(37)35-32)27(36)18-40-24-11-9-22(10-12-24)25-15-23(33)16-26(34)29(25)41-17-21-7-5-4-6-8-21/h4-9,15-16,24,27H,10-14,17-20H2,1-3H3,(H,35,37). The maximum atomic E-state index is 14.8. The molecule has 2 fully saturated rings. The summed E-state index contributed by atoms with van der Waals surface area (Å²) in [4.78, 5) is 27.0. The number of ether oxygens (including phenoxy) is 4. The Bertz CT molecular complexity index is 1330. The first kappa shape index (κ1) is 30.0. The summed E-state index contributed by atoms with van der Waals surface area (Å²) in [7, 11) is 0. The van der Waals surface area contributed by atoms with Crippen molar-refractivity contribution in [3.63, 3.8) is 0 Å². The van der Waals surface area contributed by atoms with Gasteiger partial charge in [-0.05, 0) is 63.7 Å². The Labute approximate surface area is 244 Å². The van der Waals surface area contributed by atoms with Gasteiger partial charge < -0.3 is 29.2 Å². The third kappa shape index (κ3) is 6.93. The summed E-state index contributed by atoms with van der Waals surface area (Å²) < 4.78 is 52.5. The average Bonchev–Trinajstić information content (AvgIpc) is 3.27. The molecule has 10 heteroatoms. The van der Waals surface area contributed by atoms with Gasteiger partial charge in [-0.25, -0.2) is 13.6 Å². The second-order valence-electron chi connectivity index (χ2n) is 12.1. The van der Waals surface area contributed by atoms with E-state index in [9.17, 15) is 18.4 Å². The number of likely N-dealkylation sites (tertiary alicyclic amines) is 1. The number of halogens is 2. The van der Waals surface area contributed by atoms with Crippen molar-refractivity contribution < 1.29 is 37.3 Å². The quantitative estimate of drug-likeness (QED) is 0.470. The van der Waals surface area contributed by atoms with Crippen molar-refractivity contribution in [2.24, 2.45) is 0 Å². The maximum Gasteiger partial charge on any atom is 0.410 e. The fraction of sp³-hybridized carbons (Fsp3) is 0.500. The Hall–Kier alpha value is -3.50. The largest absolute Gasteiger partial charge is 0.485 e. The zero-order chi connectivity index (χ0) is 29.9. The van der Waals surface area contributed by atoms with Gasteiger partial charge in [0.05, 0.1) is 30.9 Å². The zero-order valence-electron chi connectivity index (χ0n) is 24.3. The Morgan fingerprint density at radius 1 is 1.19 bits per heavy atom. The highest BCUT2D eigenvalue weighted by molar-refractivity contribution is 5.79. The number of hydrogen-bond acceptors (Lipinski definition) is 6. The molecule has 1 spiro atoms. The molecule has 3 atom stereocenters. The smallest absolute Gasteiger partial charge is 0.410 e. The lowest BCUT2D eigenvalue weighted by molar-refractivity contribution is -0.137. The Kier molecular flexibility index (Phi) is 8.84. The van der Waals surface area contributed by atoms with E-state index in [2.05, 4.69) is 5.32 Å². The molecule has 42 heavy (non-hydrogen) atoms. The first-order valence-electron chi connectivity index (χ1n) is 14.4. The SMILES string of the molecule is CC(C)(C)OC(=O)N1CCC2(COCC(=O)N2)C1COC1CC=C(c2cc(F)cc(F)c2OCc2ccccc2)CC1. The van der Waals surface area contributed by atoms with Crippen LogP contribution in [0.4, 0.5) is 13.6 Å². The van der Waals surface area contributed by atoms with Crippen LogP contribution in [0.5, 0.6) is 5.75 Å². The van der Waals surface area contributed by atoms with Gasteiger partial charge in [0, 0.05) is 18.2 Å². The molecule has 3 aliphatic rings. The van der Waals surface area contributed by atoms with E-state index < -0.39 is 34.9 Å². The number of carbonyl (C=O) groups is 2. The number of nitrogens with one attached hydrogen (secondary N) is 1. The van der Waals surface area contributed by atoms with E-state index in [1.54, 1.807) is 4.90 Å². The first-order chi connectivity index (χ1) is 20.0. The minimum absolute atomic E-state index is 0.0182. The van der Waals surface area contributed by atoms with Crippen LogP contribution in [0.3, 0.4) is 0 Å². The predicted molar refractivity (Wildman–Crippen MR) is 152 cm³/mol. The van der Waals surface area contributed by atoms with Crippen LogP contribution in [0, 0.1) is 11.6 Å². The van der Waals surface area contributed by atoms with Gasteiger partial charge in [-0.15, -0.1) is 0 Å².